The minimum atomic E-state index is 0.218. The summed E-state index contributed by atoms with van der Waals surface area (Å²) >= 11 is 0. The first-order chi connectivity index (χ1) is 12.8. The van der Waals surface area contributed by atoms with Gasteiger partial charge in [0.05, 0.1) is 18.8 Å². The highest BCUT2D eigenvalue weighted by atomic mass is 16.5. The lowest BCUT2D eigenvalue weighted by molar-refractivity contribution is -0.0161. The van der Waals surface area contributed by atoms with Crippen LogP contribution in [0, 0.1) is 0 Å². The third-order valence-electron chi connectivity index (χ3n) is 5.29. The maximum Gasteiger partial charge on any atom is 0.191 e. The van der Waals surface area contributed by atoms with Gasteiger partial charge in [0, 0.05) is 33.2 Å². The number of rotatable bonds is 6. The summed E-state index contributed by atoms with van der Waals surface area (Å²) in [6, 6.07) is 11.2. The van der Waals surface area contributed by atoms with Crippen LogP contribution in [0.15, 0.2) is 35.3 Å². The number of morpholine rings is 1. The highest BCUT2D eigenvalue weighted by Crippen LogP contribution is 2.24. The van der Waals surface area contributed by atoms with Crippen molar-refractivity contribution in [2.24, 2.45) is 4.99 Å². The molecule has 2 heterocycles. The zero-order valence-corrected chi connectivity index (χ0v) is 16.2. The van der Waals surface area contributed by atoms with E-state index in [0.29, 0.717) is 6.04 Å². The summed E-state index contributed by atoms with van der Waals surface area (Å²) < 4.78 is 5.82. The molecule has 2 N–H and O–H groups in total. The molecule has 2 unspecified atom stereocenters. The van der Waals surface area contributed by atoms with Gasteiger partial charge in [0.2, 0.25) is 0 Å². The number of benzene rings is 1. The van der Waals surface area contributed by atoms with E-state index in [0.717, 1.165) is 38.7 Å². The fourth-order valence-corrected chi connectivity index (χ4v) is 3.80. The van der Waals surface area contributed by atoms with E-state index in [4.69, 9.17) is 4.74 Å². The number of likely N-dealkylation sites (tertiary alicyclic amines) is 1. The van der Waals surface area contributed by atoms with Gasteiger partial charge in [-0.1, -0.05) is 30.3 Å². The molecule has 6 heteroatoms. The molecule has 26 heavy (non-hydrogen) atoms. The van der Waals surface area contributed by atoms with Crippen LogP contribution in [0.2, 0.25) is 0 Å². The van der Waals surface area contributed by atoms with Gasteiger partial charge in [-0.15, -0.1) is 0 Å². The number of nitrogens with one attached hydrogen (secondary N) is 2. The van der Waals surface area contributed by atoms with Crippen LogP contribution in [0.5, 0.6) is 0 Å². The molecule has 2 aliphatic heterocycles. The SMILES string of the molecule is CN=C(NCC1CN(C)CCO1)NCC(c1ccccc1)N1CCCC1. The summed E-state index contributed by atoms with van der Waals surface area (Å²) in [4.78, 5) is 9.28. The van der Waals surface area contributed by atoms with Crippen molar-refractivity contribution < 1.29 is 4.74 Å². The maximum atomic E-state index is 5.82. The average molecular weight is 360 g/mol. The van der Waals surface area contributed by atoms with Gasteiger partial charge in [0.1, 0.15) is 0 Å². The summed E-state index contributed by atoms with van der Waals surface area (Å²) in [5.41, 5.74) is 1.37. The highest BCUT2D eigenvalue weighted by Gasteiger charge is 2.24. The van der Waals surface area contributed by atoms with Crippen LogP contribution < -0.4 is 10.6 Å². The van der Waals surface area contributed by atoms with Gasteiger partial charge in [0.25, 0.3) is 0 Å². The van der Waals surface area contributed by atoms with E-state index < -0.39 is 0 Å². The molecular weight excluding hydrogens is 326 g/mol. The van der Waals surface area contributed by atoms with Crippen molar-refractivity contribution in [3.05, 3.63) is 35.9 Å². The Labute approximate surface area is 157 Å². The molecule has 0 saturated carbocycles. The molecule has 2 aliphatic rings. The largest absolute Gasteiger partial charge is 0.374 e. The van der Waals surface area contributed by atoms with Crippen LogP contribution in [0.1, 0.15) is 24.4 Å². The van der Waals surface area contributed by atoms with Crippen molar-refractivity contribution in [2.75, 3.05) is 60.0 Å². The van der Waals surface area contributed by atoms with Gasteiger partial charge in [-0.2, -0.15) is 0 Å². The monoisotopic (exact) mass is 359 g/mol. The van der Waals surface area contributed by atoms with Crippen LogP contribution in [-0.4, -0.2) is 81.8 Å². The number of nitrogens with zero attached hydrogens (tertiary/aromatic N) is 3. The number of hydrogen-bond donors (Lipinski definition) is 2. The van der Waals surface area contributed by atoms with E-state index in [2.05, 4.69) is 62.8 Å². The molecule has 2 atom stereocenters. The van der Waals surface area contributed by atoms with Crippen LogP contribution in [0.25, 0.3) is 0 Å². The summed E-state index contributed by atoms with van der Waals surface area (Å²) in [5.74, 6) is 0.849. The van der Waals surface area contributed by atoms with E-state index in [1.54, 1.807) is 0 Å². The third-order valence-corrected chi connectivity index (χ3v) is 5.29. The van der Waals surface area contributed by atoms with E-state index in [1.165, 1.54) is 31.5 Å². The summed E-state index contributed by atoms with van der Waals surface area (Å²) in [5, 5.41) is 6.95. The van der Waals surface area contributed by atoms with E-state index in [1.807, 2.05) is 7.05 Å². The molecule has 0 bridgehead atoms. The first-order valence-electron chi connectivity index (χ1n) is 9.80. The first-order valence-corrected chi connectivity index (χ1v) is 9.80. The molecule has 1 aromatic rings. The number of aliphatic imine (C=N–C) groups is 1. The van der Waals surface area contributed by atoms with Gasteiger partial charge in [-0.3, -0.25) is 9.89 Å². The van der Waals surface area contributed by atoms with Gasteiger partial charge < -0.3 is 20.3 Å². The Balaban J connectivity index is 1.53. The Morgan fingerprint density at radius 2 is 1.96 bits per heavy atom. The van der Waals surface area contributed by atoms with E-state index in [9.17, 15) is 0 Å². The Kier molecular flexibility index (Phi) is 7.29. The molecule has 3 rings (SSSR count). The molecule has 0 amide bonds. The predicted octanol–water partition coefficient (Wildman–Crippen LogP) is 1.32. The lowest BCUT2D eigenvalue weighted by Gasteiger charge is -2.31. The summed E-state index contributed by atoms with van der Waals surface area (Å²) in [6.07, 6.45) is 2.81. The Bertz CT molecular complexity index is 559. The van der Waals surface area contributed by atoms with E-state index >= 15 is 0 Å². The molecule has 0 aliphatic carbocycles. The molecule has 2 fully saturated rings. The lowest BCUT2D eigenvalue weighted by Crippen LogP contribution is -2.49. The molecular formula is C20H33N5O. The standard InChI is InChI=1S/C20H33N5O/c1-21-20(22-14-18-16-24(2)12-13-26-18)23-15-19(25-10-6-7-11-25)17-8-4-3-5-9-17/h3-5,8-9,18-19H,6-7,10-16H2,1-2H3,(H2,21,22,23). The van der Waals surface area contributed by atoms with Gasteiger partial charge in [0.15, 0.2) is 5.96 Å². The number of guanidine groups is 1. The van der Waals surface area contributed by atoms with Gasteiger partial charge in [-0.25, -0.2) is 0 Å². The predicted molar refractivity (Wildman–Crippen MR) is 107 cm³/mol. The fourth-order valence-electron chi connectivity index (χ4n) is 3.80. The van der Waals surface area contributed by atoms with Crippen molar-refractivity contribution in [3.8, 4) is 0 Å². The number of ether oxygens (including phenoxy) is 1. The summed E-state index contributed by atoms with van der Waals surface area (Å²) in [7, 11) is 3.97. The van der Waals surface area contributed by atoms with Gasteiger partial charge >= 0.3 is 0 Å². The minimum absolute atomic E-state index is 0.218. The van der Waals surface area contributed by atoms with Crippen molar-refractivity contribution in [2.45, 2.75) is 25.0 Å². The fraction of sp³-hybridized carbons (Fsp3) is 0.650. The Morgan fingerprint density at radius 3 is 2.65 bits per heavy atom. The van der Waals surface area contributed by atoms with Crippen molar-refractivity contribution >= 4 is 5.96 Å². The van der Waals surface area contributed by atoms with Gasteiger partial charge in [-0.05, 0) is 38.5 Å². The van der Waals surface area contributed by atoms with Crippen molar-refractivity contribution in [3.63, 3.8) is 0 Å². The summed E-state index contributed by atoms with van der Waals surface area (Å²) in [6.45, 7) is 6.77. The second-order valence-corrected chi connectivity index (χ2v) is 7.26. The topological polar surface area (TPSA) is 52.1 Å². The quantitative estimate of drug-likeness (QED) is 0.593. The van der Waals surface area contributed by atoms with Crippen molar-refractivity contribution in [1.82, 2.24) is 20.4 Å². The van der Waals surface area contributed by atoms with Crippen LogP contribution in [0.3, 0.4) is 0 Å². The third kappa shape index (κ3) is 5.43. The Hall–Kier alpha value is -1.63. The number of likely N-dealkylation sites (N-methyl/N-ethyl adjacent to an activating group) is 1. The second-order valence-electron chi connectivity index (χ2n) is 7.26. The minimum Gasteiger partial charge on any atom is -0.374 e. The normalized spacial score (nSPS) is 23.8. The first kappa shape index (κ1) is 19.1. The lowest BCUT2D eigenvalue weighted by atomic mass is 10.1. The van der Waals surface area contributed by atoms with Crippen LogP contribution in [-0.2, 0) is 4.74 Å². The number of hydrogen-bond acceptors (Lipinski definition) is 4. The molecule has 2 saturated heterocycles. The molecule has 0 spiro atoms. The molecule has 1 aromatic carbocycles. The Morgan fingerprint density at radius 1 is 1.19 bits per heavy atom. The maximum absolute atomic E-state index is 5.82. The van der Waals surface area contributed by atoms with E-state index in [-0.39, 0.29) is 6.10 Å². The zero-order valence-electron chi connectivity index (χ0n) is 16.2. The molecule has 144 valence electrons. The average Bonchev–Trinajstić information content (AvgIpc) is 3.20. The molecule has 0 radical (unpaired) electrons. The molecule has 0 aromatic heterocycles. The smallest absolute Gasteiger partial charge is 0.191 e. The van der Waals surface area contributed by atoms with Crippen LogP contribution >= 0.6 is 0 Å². The molecule has 6 nitrogen and oxygen atoms in total. The van der Waals surface area contributed by atoms with Crippen molar-refractivity contribution in [1.29, 1.82) is 0 Å². The van der Waals surface area contributed by atoms with Crippen LogP contribution in [0.4, 0.5) is 0 Å². The highest BCUT2D eigenvalue weighted by molar-refractivity contribution is 5.79. The zero-order chi connectivity index (χ0) is 18.2. The second kappa shape index (κ2) is 9.90.